The molecule has 3 unspecified atom stereocenters. The maximum atomic E-state index is 11.9. The number of hydrogen-bond donors (Lipinski definition) is 0. The fourth-order valence-electron chi connectivity index (χ4n) is 3.64. The van der Waals surface area contributed by atoms with E-state index < -0.39 is 0 Å². The third-order valence-electron chi connectivity index (χ3n) is 5.05. The summed E-state index contributed by atoms with van der Waals surface area (Å²) in [5.74, 6) is 0.469. The number of unbranched alkanes of at least 4 members (excludes halogenated alkanes) is 1. The van der Waals surface area contributed by atoms with E-state index in [1.165, 1.54) is 25.7 Å². The second-order valence-corrected chi connectivity index (χ2v) is 6.93. The van der Waals surface area contributed by atoms with Gasteiger partial charge in [0, 0.05) is 5.92 Å². The number of esters is 1. The van der Waals surface area contributed by atoms with Gasteiger partial charge in [-0.2, -0.15) is 0 Å². The number of hydrogen-bond acceptors (Lipinski definition) is 2. The first kappa shape index (κ1) is 12.9. The van der Waals surface area contributed by atoms with E-state index in [1.807, 2.05) is 0 Å². The van der Waals surface area contributed by atoms with Crippen LogP contribution in [0, 0.1) is 16.7 Å². The van der Waals surface area contributed by atoms with Crippen LogP contribution in [0.3, 0.4) is 0 Å². The molecule has 2 nitrogen and oxygen atoms in total. The molecular formula is C15H26O2. The average Bonchev–Trinajstić information content (AvgIpc) is 2.46. The molecule has 2 aliphatic rings. The second kappa shape index (κ2) is 4.29. The summed E-state index contributed by atoms with van der Waals surface area (Å²) >= 11 is 0. The largest absolute Gasteiger partial charge is 0.462 e. The maximum absolute atomic E-state index is 11.9. The molecule has 0 aromatic carbocycles. The predicted octanol–water partition coefficient (Wildman–Crippen LogP) is 3.93. The van der Waals surface area contributed by atoms with E-state index in [9.17, 15) is 4.79 Å². The molecule has 0 N–H and O–H groups in total. The van der Waals surface area contributed by atoms with Crippen LogP contribution in [0.2, 0.25) is 0 Å². The lowest BCUT2D eigenvalue weighted by atomic mass is 9.63. The summed E-state index contributed by atoms with van der Waals surface area (Å²) < 4.78 is 5.62. The van der Waals surface area contributed by atoms with E-state index in [4.69, 9.17) is 4.74 Å². The lowest BCUT2D eigenvalue weighted by Gasteiger charge is -2.41. The summed E-state index contributed by atoms with van der Waals surface area (Å²) in [5.41, 5.74) is 0.147. The molecular weight excluding hydrogens is 212 g/mol. The van der Waals surface area contributed by atoms with Crippen molar-refractivity contribution in [3.05, 3.63) is 0 Å². The topological polar surface area (TPSA) is 26.3 Å². The van der Waals surface area contributed by atoms with Crippen LogP contribution in [0.1, 0.15) is 66.2 Å². The Morgan fingerprint density at radius 1 is 1.35 bits per heavy atom. The highest BCUT2D eigenvalue weighted by atomic mass is 16.6. The fraction of sp³-hybridized carbons (Fsp3) is 0.933. The molecule has 1 heterocycles. The molecule has 1 aliphatic heterocycles. The third kappa shape index (κ3) is 2.23. The van der Waals surface area contributed by atoms with Gasteiger partial charge < -0.3 is 4.74 Å². The fourth-order valence-corrected chi connectivity index (χ4v) is 3.64. The molecule has 1 saturated heterocycles. The van der Waals surface area contributed by atoms with Crippen molar-refractivity contribution in [2.75, 3.05) is 0 Å². The summed E-state index contributed by atoms with van der Waals surface area (Å²) in [7, 11) is 0. The molecule has 1 aliphatic carbocycles. The molecule has 98 valence electrons. The van der Waals surface area contributed by atoms with Gasteiger partial charge in [0.05, 0.1) is 5.41 Å². The lowest BCUT2D eigenvalue weighted by molar-refractivity contribution is -0.148. The Kier molecular flexibility index (Phi) is 3.26. The molecule has 0 aromatic heterocycles. The van der Waals surface area contributed by atoms with E-state index in [1.54, 1.807) is 0 Å². The average molecular weight is 238 g/mol. The standard InChI is InChI=1S/C15H26O2/c1-5-6-8-15(4)9-7-11-12(10-15)17-13(16)14(11,2)3/h11-12H,5-10H2,1-4H3. The molecule has 0 aromatic rings. The van der Waals surface area contributed by atoms with Crippen LogP contribution < -0.4 is 0 Å². The SMILES string of the molecule is CCCCC1(C)CCC2C(C1)OC(=O)C2(C)C. The van der Waals surface area contributed by atoms with Crippen molar-refractivity contribution < 1.29 is 9.53 Å². The molecule has 1 saturated carbocycles. The Hall–Kier alpha value is -0.530. The Morgan fingerprint density at radius 2 is 2.06 bits per heavy atom. The van der Waals surface area contributed by atoms with Crippen LogP contribution in [0.25, 0.3) is 0 Å². The van der Waals surface area contributed by atoms with Crippen LogP contribution in [0.5, 0.6) is 0 Å². The molecule has 3 atom stereocenters. The first-order valence-corrected chi connectivity index (χ1v) is 7.10. The van der Waals surface area contributed by atoms with Crippen molar-refractivity contribution in [3.8, 4) is 0 Å². The van der Waals surface area contributed by atoms with Gasteiger partial charge in [-0.25, -0.2) is 0 Å². The van der Waals surface area contributed by atoms with E-state index in [2.05, 4.69) is 27.7 Å². The Morgan fingerprint density at radius 3 is 2.71 bits per heavy atom. The van der Waals surface area contributed by atoms with Crippen LogP contribution in [0.4, 0.5) is 0 Å². The Labute approximate surface area is 105 Å². The predicted molar refractivity (Wildman–Crippen MR) is 68.6 cm³/mol. The van der Waals surface area contributed by atoms with Gasteiger partial charge >= 0.3 is 5.97 Å². The van der Waals surface area contributed by atoms with E-state index in [-0.39, 0.29) is 17.5 Å². The highest BCUT2D eigenvalue weighted by Crippen LogP contribution is 2.52. The first-order chi connectivity index (χ1) is 7.89. The zero-order valence-electron chi connectivity index (χ0n) is 11.7. The lowest BCUT2D eigenvalue weighted by Crippen LogP contribution is -2.37. The van der Waals surface area contributed by atoms with Crippen molar-refractivity contribution >= 4 is 5.97 Å². The van der Waals surface area contributed by atoms with Gasteiger partial charge in [-0.15, -0.1) is 0 Å². The van der Waals surface area contributed by atoms with Crippen molar-refractivity contribution in [1.82, 2.24) is 0 Å². The van der Waals surface area contributed by atoms with Crippen LogP contribution in [0.15, 0.2) is 0 Å². The molecule has 0 radical (unpaired) electrons. The highest BCUT2D eigenvalue weighted by molar-refractivity contribution is 5.78. The summed E-state index contributed by atoms with van der Waals surface area (Å²) in [4.78, 5) is 11.9. The Bertz CT molecular complexity index is 308. The van der Waals surface area contributed by atoms with E-state index >= 15 is 0 Å². The molecule has 0 amide bonds. The van der Waals surface area contributed by atoms with Gasteiger partial charge in [-0.1, -0.05) is 26.7 Å². The summed E-state index contributed by atoms with van der Waals surface area (Å²) in [6, 6.07) is 0. The first-order valence-electron chi connectivity index (χ1n) is 7.10. The van der Waals surface area contributed by atoms with Gasteiger partial charge in [0.1, 0.15) is 6.10 Å². The zero-order chi connectivity index (χ0) is 12.7. The summed E-state index contributed by atoms with van der Waals surface area (Å²) in [5, 5.41) is 0. The monoisotopic (exact) mass is 238 g/mol. The third-order valence-corrected chi connectivity index (χ3v) is 5.05. The second-order valence-electron chi connectivity index (χ2n) is 6.93. The summed E-state index contributed by atoms with van der Waals surface area (Å²) in [6.45, 7) is 8.72. The van der Waals surface area contributed by atoms with E-state index in [0.29, 0.717) is 11.3 Å². The molecule has 0 spiro atoms. The summed E-state index contributed by atoms with van der Waals surface area (Å²) in [6.07, 6.45) is 7.52. The molecule has 0 bridgehead atoms. The van der Waals surface area contributed by atoms with Gasteiger partial charge in [-0.3, -0.25) is 4.79 Å². The zero-order valence-corrected chi connectivity index (χ0v) is 11.7. The smallest absolute Gasteiger partial charge is 0.312 e. The van der Waals surface area contributed by atoms with Crippen LogP contribution in [-0.2, 0) is 9.53 Å². The van der Waals surface area contributed by atoms with Gasteiger partial charge in [-0.05, 0) is 44.9 Å². The Balaban J connectivity index is 2.05. The van der Waals surface area contributed by atoms with Crippen LogP contribution in [-0.4, -0.2) is 12.1 Å². The van der Waals surface area contributed by atoms with Gasteiger partial charge in [0.25, 0.3) is 0 Å². The van der Waals surface area contributed by atoms with Gasteiger partial charge in [0.15, 0.2) is 0 Å². The molecule has 2 rings (SSSR count). The van der Waals surface area contributed by atoms with Crippen molar-refractivity contribution in [2.24, 2.45) is 16.7 Å². The van der Waals surface area contributed by atoms with Crippen molar-refractivity contribution in [3.63, 3.8) is 0 Å². The molecule has 17 heavy (non-hydrogen) atoms. The van der Waals surface area contributed by atoms with Gasteiger partial charge in [0.2, 0.25) is 0 Å². The highest BCUT2D eigenvalue weighted by Gasteiger charge is 2.54. The minimum atomic E-state index is -0.253. The molecule has 2 fully saturated rings. The normalized spacial score (nSPS) is 39.9. The maximum Gasteiger partial charge on any atom is 0.312 e. The van der Waals surface area contributed by atoms with Crippen molar-refractivity contribution in [1.29, 1.82) is 0 Å². The number of carbonyl (C=O) groups excluding carboxylic acids is 1. The number of carbonyl (C=O) groups is 1. The van der Waals surface area contributed by atoms with E-state index in [0.717, 1.165) is 12.8 Å². The molecule has 2 heteroatoms. The number of ether oxygens (including phenoxy) is 1. The minimum Gasteiger partial charge on any atom is -0.462 e. The number of fused-ring (bicyclic) bond motifs is 1. The number of rotatable bonds is 3. The van der Waals surface area contributed by atoms with Crippen molar-refractivity contribution in [2.45, 2.75) is 72.3 Å². The minimum absolute atomic E-state index is 0.0206. The van der Waals surface area contributed by atoms with Crippen LogP contribution >= 0.6 is 0 Å². The quantitative estimate of drug-likeness (QED) is 0.696.